The molecule has 1 amide bonds. The Morgan fingerprint density at radius 1 is 1.15 bits per heavy atom. The summed E-state index contributed by atoms with van der Waals surface area (Å²) in [6.07, 6.45) is 4.61. The summed E-state index contributed by atoms with van der Waals surface area (Å²) in [6.45, 7) is 1.98. The Kier molecular flexibility index (Phi) is 5.65. The molecule has 4 bridgehead atoms. The smallest absolute Gasteiger partial charge is 0.349 e. The Morgan fingerprint density at radius 2 is 1.79 bits per heavy atom. The third-order valence-electron chi connectivity index (χ3n) is 8.65. The van der Waals surface area contributed by atoms with Crippen molar-refractivity contribution in [2.75, 3.05) is 29.9 Å². The van der Waals surface area contributed by atoms with Crippen LogP contribution in [0, 0.1) is 17.3 Å². The second kappa shape index (κ2) is 8.06. The molecular weight excluding hydrogens is 469 g/mol. The molecule has 2 atom stereocenters. The molecule has 1 aromatic heterocycles. The second-order valence-corrected chi connectivity index (χ2v) is 13.2. The molecule has 1 aliphatic heterocycles. The summed E-state index contributed by atoms with van der Waals surface area (Å²) >= 11 is 0. The maximum Gasteiger partial charge on any atom is 0.434 e. The Morgan fingerprint density at radius 3 is 2.38 bits per heavy atom. The van der Waals surface area contributed by atoms with Crippen molar-refractivity contribution in [3.05, 3.63) is 17.5 Å². The standard InChI is InChI=1S/C23H31F3N4O3S/c1-2-21-3-4-22(12-15(10-21)9-16(11-21)13-22)29-20-27-14-17(18(28-20)23(24,25)26)19(31)30-5-7-34(32,33)8-6-30/h14-16H,2-13H2,1H3,(H,27,28,29). The van der Waals surface area contributed by atoms with Gasteiger partial charge in [0.1, 0.15) is 0 Å². The molecule has 6 rings (SSSR count). The van der Waals surface area contributed by atoms with Crippen molar-refractivity contribution in [1.29, 1.82) is 0 Å². The van der Waals surface area contributed by atoms with Gasteiger partial charge in [0.15, 0.2) is 15.5 Å². The van der Waals surface area contributed by atoms with Gasteiger partial charge in [-0.15, -0.1) is 0 Å². The Hall–Kier alpha value is -1.91. The van der Waals surface area contributed by atoms with Crippen molar-refractivity contribution < 1.29 is 26.4 Å². The third-order valence-corrected chi connectivity index (χ3v) is 10.3. The van der Waals surface area contributed by atoms with E-state index in [1.807, 2.05) is 0 Å². The van der Waals surface area contributed by atoms with E-state index in [1.165, 1.54) is 19.3 Å². The Balaban J connectivity index is 1.41. The van der Waals surface area contributed by atoms with Crippen LogP contribution in [0.25, 0.3) is 0 Å². The number of hydrogen-bond acceptors (Lipinski definition) is 6. The lowest BCUT2D eigenvalue weighted by Crippen LogP contribution is -2.46. The predicted molar refractivity (Wildman–Crippen MR) is 120 cm³/mol. The van der Waals surface area contributed by atoms with E-state index in [9.17, 15) is 26.4 Å². The Bertz CT molecular complexity index is 1060. The van der Waals surface area contributed by atoms with Crippen molar-refractivity contribution in [3.63, 3.8) is 0 Å². The average Bonchev–Trinajstić information content (AvgIpc) is 2.93. The van der Waals surface area contributed by atoms with Crippen LogP contribution in [0.3, 0.4) is 0 Å². The fourth-order valence-corrected chi connectivity index (χ4v) is 8.33. The molecule has 2 heterocycles. The van der Waals surface area contributed by atoms with Crippen molar-refractivity contribution >= 4 is 21.7 Å². The van der Waals surface area contributed by atoms with Gasteiger partial charge in [-0.2, -0.15) is 13.2 Å². The minimum Gasteiger partial charge on any atom is -0.349 e. The molecule has 1 aromatic rings. The van der Waals surface area contributed by atoms with Gasteiger partial charge >= 0.3 is 6.18 Å². The molecule has 188 valence electrons. The van der Waals surface area contributed by atoms with Gasteiger partial charge in [-0.05, 0) is 62.2 Å². The van der Waals surface area contributed by atoms with E-state index in [1.54, 1.807) is 0 Å². The van der Waals surface area contributed by atoms with Gasteiger partial charge < -0.3 is 10.2 Å². The van der Waals surface area contributed by atoms with E-state index >= 15 is 0 Å². The quantitative estimate of drug-likeness (QED) is 0.674. The van der Waals surface area contributed by atoms with Crippen LogP contribution in [0.15, 0.2) is 6.20 Å². The predicted octanol–water partition coefficient (Wildman–Crippen LogP) is 3.92. The van der Waals surface area contributed by atoms with E-state index in [4.69, 9.17) is 0 Å². The summed E-state index contributed by atoms with van der Waals surface area (Å²) < 4.78 is 65.1. The zero-order chi connectivity index (χ0) is 24.4. The number of carbonyl (C=O) groups excluding carboxylic acids is 1. The van der Waals surface area contributed by atoms with Gasteiger partial charge in [-0.25, -0.2) is 18.4 Å². The number of anilines is 1. The van der Waals surface area contributed by atoms with Gasteiger partial charge in [0, 0.05) is 24.8 Å². The zero-order valence-corrected chi connectivity index (χ0v) is 20.1. The topological polar surface area (TPSA) is 92.3 Å². The highest BCUT2D eigenvalue weighted by Crippen LogP contribution is 2.60. The normalized spacial score (nSPS) is 34.6. The number of aromatic nitrogens is 2. The van der Waals surface area contributed by atoms with Crippen molar-refractivity contribution in [3.8, 4) is 0 Å². The number of rotatable bonds is 4. The number of carbonyl (C=O) groups is 1. The van der Waals surface area contributed by atoms with Crippen LogP contribution in [0.4, 0.5) is 19.1 Å². The van der Waals surface area contributed by atoms with Crippen molar-refractivity contribution in [2.45, 2.75) is 70.0 Å². The van der Waals surface area contributed by atoms with Crippen LogP contribution in [0.2, 0.25) is 0 Å². The summed E-state index contributed by atoms with van der Waals surface area (Å²) in [6, 6.07) is 0. The first kappa shape index (κ1) is 23.8. The maximum absolute atomic E-state index is 14.0. The SMILES string of the molecule is CCC12CCC3(Nc4ncc(C(=O)N5CCS(=O)(=O)CC5)c(C(F)(F)F)n4)CC(CC(C1)C3)C2. The fraction of sp³-hybridized carbons (Fsp3) is 0.783. The summed E-state index contributed by atoms with van der Waals surface area (Å²) in [5.74, 6) is -0.350. The highest BCUT2D eigenvalue weighted by molar-refractivity contribution is 7.91. The number of fused-ring (bicyclic) bond motifs is 1. The maximum atomic E-state index is 14.0. The van der Waals surface area contributed by atoms with Gasteiger partial charge in [0.05, 0.1) is 17.1 Å². The monoisotopic (exact) mass is 500 g/mol. The largest absolute Gasteiger partial charge is 0.434 e. The fourth-order valence-electron chi connectivity index (χ4n) is 7.13. The first-order valence-corrected chi connectivity index (χ1v) is 14.0. The summed E-state index contributed by atoms with van der Waals surface area (Å²) in [5, 5.41) is 3.31. The van der Waals surface area contributed by atoms with Gasteiger partial charge in [0.25, 0.3) is 5.91 Å². The highest BCUT2D eigenvalue weighted by atomic mass is 32.2. The lowest BCUT2D eigenvalue weighted by Gasteiger charge is -2.48. The molecule has 4 saturated carbocycles. The molecule has 2 unspecified atom stereocenters. The molecule has 1 saturated heterocycles. The van der Waals surface area contributed by atoms with Crippen molar-refractivity contribution in [1.82, 2.24) is 14.9 Å². The summed E-state index contributed by atoms with van der Waals surface area (Å²) in [4.78, 5) is 21.9. The molecule has 11 heteroatoms. The Labute approximate surface area is 197 Å². The van der Waals surface area contributed by atoms with E-state index in [0.29, 0.717) is 17.3 Å². The summed E-state index contributed by atoms with van der Waals surface area (Å²) in [5.41, 5.74) is -1.86. The molecule has 5 aliphatic rings. The van der Waals surface area contributed by atoms with Gasteiger partial charge in [-0.1, -0.05) is 13.3 Å². The number of nitrogens with one attached hydrogen (secondary N) is 1. The van der Waals surface area contributed by atoms with Crippen LogP contribution >= 0.6 is 0 Å². The first-order valence-electron chi connectivity index (χ1n) is 12.1. The zero-order valence-electron chi connectivity index (χ0n) is 19.3. The number of sulfone groups is 1. The van der Waals surface area contributed by atoms with E-state index in [0.717, 1.165) is 43.2 Å². The molecule has 5 fully saturated rings. The van der Waals surface area contributed by atoms with Gasteiger partial charge in [-0.3, -0.25) is 4.79 Å². The summed E-state index contributed by atoms with van der Waals surface area (Å²) in [7, 11) is -3.27. The molecule has 0 aromatic carbocycles. The minimum atomic E-state index is -4.84. The number of amides is 1. The van der Waals surface area contributed by atoms with E-state index < -0.39 is 33.2 Å². The third kappa shape index (κ3) is 4.40. The second-order valence-electron chi connectivity index (χ2n) is 10.9. The molecule has 0 spiro atoms. The van der Waals surface area contributed by atoms with Crippen LogP contribution in [-0.2, 0) is 16.0 Å². The lowest BCUT2D eigenvalue weighted by molar-refractivity contribution is -0.141. The lowest BCUT2D eigenvalue weighted by atomic mass is 9.59. The first-order chi connectivity index (χ1) is 15.9. The molecule has 0 radical (unpaired) electrons. The van der Waals surface area contributed by atoms with Crippen LogP contribution in [0.1, 0.15) is 74.3 Å². The highest BCUT2D eigenvalue weighted by Gasteiger charge is 2.53. The number of hydrogen-bond donors (Lipinski definition) is 1. The van der Waals surface area contributed by atoms with E-state index in [-0.39, 0.29) is 36.1 Å². The van der Waals surface area contributed by atoms with Crippen LogP contribution < -0.4 is 5.32 Å². The molecule has 34 heavy (non-hydrogen) atoms. The number of alkyl halides is 3. The van der Waals surface area contributed by atoms with Crippen LogP contribution in [-0.4, -0.2) is 59.3 Å². The number of nitrogens with zero attached hydrogens (tertiary/aromatic N) is 3. The van der Waals surface area contributed by atoms with Crippen LogP contribution in [0.5, 0.6) is 0 Å². The number of halogens is 3. The molecule has 4 aliphatic carbocycles. The molecular formula is C23H31F3N4O3S. The molecule has 1 N–H and O–H groups in total. The minimum absolute atomic E-state index is 0.0876. The average molecular weight is 501 g/mol. The van der Waals surface area contributed by atoms with E-state index in [2.05, 4.69) is 22.2 Å². The van der Waals surface area contributed by atoms with Crippen molar-refractivity contribution in [2.24, 2.45) is 17.3 Å². The van der Waals surface area contributed by atoms with Gasteiger partial charge in [0.2, 0.25) is 5.95 Å². The molecule has 7 nitrogen and oxygen atoms in total.